The monoisotopic (exact) mass is 474 g/mol. The molecule has 0 unspecified atom stereocenters. The number of hydrazone groups is 1. The first kappa shape index (κ1) is 23.1. The Hall–Kier alpha value is -4.64. The van der Waals surface area contributed by atoms with Crippen LogP contribution in [-0.4, -0.2) is 18.7 Å². The quantitative estimate of drug-likeness (QED) is 0.282. The summed E-state index contributed by atoms with van der Waals surface area (Å²) in [5.74, 6) is 1.09. The van der Waals surface area contributed by atoms with E-state index in [2.05, 4.69) is 0 Å². The number of ether oxygens (including phenoxy) is 2. The normalized spacial score (nSPS) is 14.1. The van der Waals surface area contributed by atoms with Crippen LogP contribution in [0.3, 0.4) is 0 Å². The van der Waals surface area contributed by atoms with Gasteiger partial charge in [-0.2, -0.15) is 10.1 Å². The van der Waals surface area contributed by atoms with Crippen LogP contribution in [0.25, 0.3) is 6.08 Å². The lowest BCUT2D eigenvalue weighted by Gasteiger charge is -2.12. The molecule has 5 rings (SSSR count). The van der Waals surface area contributed by atoms with Crippen molar-refractivity contribution in [1.82, 2.24) is 0 Å². The summed E-state index contributed by atoms with van der Waals surface area (Å²) in [7, 11) is 1.61. The molecule has 4 aromatic rings. The number of carbonyl (C=O) groups is 1. The number of para-hydroxylation sites is 1. The zero-order valence-electron chi connectivity index (χ0n) is 20.0. The van der Waals surface area contributed by atoms with Crippen LogP contribution in [0.2, 0.25) is 0 Å². The molecular formula is C31H26N2O3. The standard InChI is InChI=1S/C31H26N2O3/c1-35-30-21-25(17-18-29(30)36-22-24-13-7-3-8-14-24)19-27-28(20-23-11-5-2-6-12-23)32-33(31(27)34)26-15-9-4-10-16-26/h2-19,21H,20,22H2,1H3/b27-19-. The van der Waals surface area contributed by atoms with E-state index in [-0.39, 0.29) is 5.91 Å². The van der Waals surface area contributed by atoms with Crippen molar-refractivity contribution in [1.29, 1.82) is 0 Å². The molecule has 0 saturated heterocycles. The summed E-state index contributed by atoms with van der Waals surface area (Å²) in [6.07, 6.45) is 2.42. The smallest absolute Gasteiger partial charge is 0.280 e. The minimum atomic E-state index is -0.157. The van der Waals surface area contributed by atoms with Crippen molar-refractivity contribution >= 4 is 23.4 Å². The highest BCUT2D eigenvalue weighted by molar-refractivity contribution is 6.33. The second-order valence-electron chi connectivity index (χ2n) is 8.40. The van der Waals surface area contributed by atoms with Crippen molar-refractivity contribution in [2.75, 3.05) is 12.1 Å². The molecule has 1 heterocycles. The largest absolute Gasteiger partial charge is 0.493 e. The number of hydrogen-bond acceptors (Lipinski definition) is 4. The molecule has 0 atom stereocenters. The predicted molar refractivity (Wildman–Crippen MR) is 143 cm³/mol. The third-order valence-electron chi connectivity index (χ3n) is 5.91. The van der Waals surface area contributed by atoms with Crippen molar-refractivity contribution in [2.24, 2.45) is 5.10 Å². The molecular weight excluding hydrogens is 448 g/mol. The highest BCUT2D eigenvalue weighted by Gasteiger charge is 2.31. The number of methoxy groups -OCH3 is 1. The van der Waals surface area contributed by atoms with Crippen LogP contribution in [0.1, 0.15) is 16.7 Å². The number of nitrogens with zero attached hydrogens (tertiary/aromatic N) is 2. The third-order valence-corrected chi connectivity index (χ3v) is 5.91. The van der Waals surface area contributed by atoms with E-state index in [0.717, 1.165) is 28.1 Å². The van der Waals surface area contributed by atoms with E-state index in [4.69, 9.17) is 14.6 Å². The van der Waals surface area contributed by atoms with E-state index in [1.54, 1.807) is 7.11 Å². The van der Waals surface area contributed by atoms with Crippen LogP contribution in [0.4, 0.5) is 5.69 Å². The first-order valence-corrected chi connectivity index (χ1v) is 11.8. The second-order valence-corrected chi connectivity index (χ2v) is 8.40. The molecule has 5 nitrogen and oxygen atoms in total. The Bertz CT molecular complexity index is 1400. The summed E-state index contributed by atoms with van der Waals surface area (Å²) in [5, 5.41) is 6.18. The zero-order chi connectivity index (χ0) is 24.7. The number of amides is 1. The number of carbonyl (C=O) groups excluding carboxylic acids is 1. The molecule has 0 spiro atoms. The lowest BCUT2D eigenvalue weighted by atomic mass is 10.00. The highest BCUT2D eigenvalue weighted by Crippen LogP contribution is 2.31. The maximum absolute atomic E-state index is 13.5. The van der Waals surface area contributed by atoms with Gasteiger partial charge in [0, 0.05) is 6.42 Å². The molecule has 0 aromatic heterocycles. The Balaban J connectivity index is 1.44. The van der Waals surface area contributed by atoms with Crippen molar-refractivity contribution in [2.45, 2.75) is 13.0 Å². The van der Waals surface area contributed by atoms with Gasteiger partial charge in [-0.3, -0.25) is 4.79 Å². The van der Waals surface area contributed by atoms with E-state index in [9.17, 15) is 4.79 Å². The van der Waals surface area contributed by atoms with Crippen LogP contribution in [0, 0.1) is 0 Å². The fourth-order valence-corrected chi connectivity index (χ4v) is 4.06. The van der Waals surface area contributed by atoms with Gasteiger partial charge in [0.25, 0.3) is 5.91 Å². The van der Waals surface area contributed by atoms with Crippen molar-refractivity contribution < 1.29 is 14.3 Å². The van der Waals surface area contributed by atoms with Gasteiger partial charge in [-0.25, -0.2) is 0 Å². The van der Waals surface area contributed by atoms with Crippen molar-refractivity contribution in [3.63, 3.8) is 0 Å². The molecule has 36 heavy (non-hydrogen) atoms. The molecule has 0 aliphatic carbocycles. The first-order valence-electron chi connectivity index (χ1n) is 11.8. The number of anilines is 1. The Morgan fingerprint density at radius 3 is 2.08 bits per heavy atom. The molecule has 0 N–H and O–H groups in total. The molecule has 0 saturated carbocycles. The van der Waals surface area contributed by atoms with Gasteiger partial charge in [-0.15, -0.1) is 0 Å². The Morgan fingerprint density at radius 2 is 1.42 bits per heavy atom. The number of hydrogen-bond donors (Lipinski definition) is 0. The molecule has 0 bridgehead atoms. The van der Waals surface area contributed by atoms with Crippen LogP contribution < -0.4 is 14.5 Å². The van der Waals surface area contributed by atoms with Gasteiger partial charge in [0.15, 0.2) is 11.5 Å². The van der Waals surface area contributed by atoms with Crippen molar-refractivity contribution in [3.05, 3.63) is 131 Å². The Kier molecular flexibility index (Phi) is 6.90. The van der Waals surface area contributed by atoms with Crippen LogP contribution in [0.5, 0.6) is 11.5 Å². The molecule has 0 fully saturated rings. The summed E-state index contributed by atoms with van der Waals surface area (Å²) in [5.41, 5.74) is 5.01. The first-order chi connectivity index (χ1) is 17.7. The minimum Gasteiger partial charge on any atom is -0.493 e. The van der Waals surface area contributed by atoms with E-state index in [0.29, 0.717) is 30.1 Å². The molecule has 1 aliphatic rings. The maximum atomic E-state index is 13.5. The van der Waals surface area contributed by atoms with Gasteiger partial charge in [0.2, 0.25) is 0 Å². The van der Waals surface area contributed by atoms with E-state index in [1.807, 2.05) is 115 Å². The topological polar surface area (TPSA) is 51.1 Å². The molecule has 178 valence electrons. The summed E-state index contributed by atoms with van der Waals surface area (Å²) in [4.78, 5) is 13.5. The van der Waals surface area contributed by atoms with Crippen molar-refractivity contribution in [3.8, 4) is 11.5 Å². The van der Waals surface area contributed by atoms with Gasteiger partial charge in [0.05, 0.1) is 24.1 Å². The average Bonchev–Trinajstić information content (AvgIpc) is 3.23. The van der Waals surface area contributed by atoms with E-state index < -0.39 is 0 Å². The summed E-state index contributed by atoms with van der Waals surface area (Å²) in [6.45, 7) is 0.441. The van der Waals surface area contributed by atoms with E-state index in [1.165, 1.54) is 5.01 Å². The molecule has 4 aromatic carbocycles. The van der Waals surface area contributed by atoms with E-state index >= 15 is 0 Å². The fourth-order valence-electron chi connectivity index (χ4n) is 4.06. The minimum absolute atomic E-state index is 0.157. The van der Waals surface area contributed by atoms with Crippen LogP contribution in [0.15, 0.2) is 120 Å². The zero-order valence-corrected chi connectivity index (χ0v) is 20.0. The predicted octanol–water partition coefficient (Wildman–Crippen LogP) is 6.30. The summed E-state index contributed by atoms with van der Waals surface area (Å²) in [6, 6.07) is 35.2. The van der Waals surface area contributed by atoms with Gasteiger partial charge in [-0.05, 0) is 47.0 Å². The lowest BCUT2D eigenvalue weighted by molar-refractivity contribution is -0.114. The lowest BCUT2D eigenvalue weighted by Crippen LogP contribution is -2.21. The average molecular weight is 475 g/mol. The molecule has 5 heteroatoms. The van der Waals surface area contributed by atoms with Gasteiger partial charge < -0.3 is 9.47 Å². The van der Waals surface area contributed by atoms with Gasteiger partial charge in [0.1, 0.15) is 6.61 Å². The SMILES string of the molecule is COc1cc(/C=C2\C(=O)N(c3ccccc3)N=C2Cc2ccccc2)ccc1OCc1ccccc1. The van der Waals surface area contributed by atoms with Crippen LogP contribution in [-0.2, 0) is 17.8 Å². The summed E-state index contributed by atoms with van der Waals surface area (Å²) >= 11 is 0. The van der Waals surface area contributed by atoms with Crippen LogP contribution >= 0.6 is 0 Å². The fraction of sp³-hybridized carbons (Fsp3) is 0.0968. The second kappa shape index (κ2) is 10.7. The Morgan fingerprint density at radius 1 is 0.778 bits per heavy atom. The highest BCUT2D eigenvalue weighted by atomic mass is 16.5. The third kappa shape index (κ3) is 5.20. The molecule has 0 radical (unpaired) electrons. The molecule has 1 amide bonds. The Labute approximate surface area is 210 Å². The number of benzene rings is 4. The number of rotatable bonds is 8. The maximum Gasteiger partial charge on any atom is 0.280 e. The summed E-state index contributed by atoms with van der Waals surface area (Å²) < 4.78 is 11.6. The molecule has 1 aliphatic heterocycles. The van der Waals surface area contributed by atoms with Gasteiger partial charge >= 0.3 is 0 Å². The van der Waals surface area contributed by atoms with Gasteiger partial charge in [-0.1, -0.05) is 84.9 Å².